The monoisotopic (exact) mass is 340 g/mol. The standard InChI is InChI=1S/C15H17O7P/c16-9-12(10-1-3-13(17)4-2-10)7-11-8-14(18)5-6-15(11)22-23(19,20)21/h1-6,8,12,16-18H,7,9H2,(H2,19,20,21). The summed E-state index contributed by atoms with van der Waals surface area (Å²) in [4.78, 5) is 17.9. The van der Waals surface area contributed by atoms with Gasteiger partial charge < -0.3 is 19.8 Å². The summed E-state index contributed by atoms with van der Waals surface area (Å²) < 4.78 is 15.7. The minimum absolute atomic E-state index is 0.0617. The predicted molar refractivity (Wildman–Crippen MR) is 82.4 cm³/mol. The molecule has 0 bridgehead atoms. The van der Waals surface area contributed by atoms with Gasteiger partial charge in [0.2, 0.25) is 0 Å². The molecule has 0 saturated heterocycles. The van der Waals surface area contributed by atoms with Crippen LogP contribution in [-0.2, 0) is 11.0 Å². The minimum Gasteiger partial charge on any atom is -0.508 e. The van der Waals surface area contributed by atoms with Gasteiger partial charge in [-0.05, 0) is 47.9 Å². The summed E-state index contributed by atoms with van der Waals surface area (Å²) in [7, 11) is -4.74. The lowest BCUT2D eigenvalue weighted by molar-refractivity contribution is 0.262. The molecule has 0 saturated carbocycles. The molecule has 5 N–H and O–H groups in total. The van der Waals surface area contributed by atoms with Crippen LogP contribution in [0.1, 0.15) is 17.0 Å². The maximum Gasteiger partial charge on any atom is 0.524 e. The first-order chi connectivity index (χ1) is 10.8. The molecule has 1 atom stereocenters. The van der Waals surface area contributed by atoms with Gasteiger partial charge in [0.25, 0.3) is 0 Å². The molecule has 8 heteroatoms. The predicted octanol–water partition coefficient (Wildman–Crippen LogP) is 1.89. The molecule has 0 aliphatic rings. The Labute approximate surface area is 132 Å². The summed E-state index contributed by atoms with van der Waals surface area (Å²) in [5, 5.41) is 28.5. The molecule has 7 nitrogen and oxygen atoms in total. The second kappa shape index (κ2) is 7.02. The number of hydrogen-bond acceptors (Lipinski definition) is 5. The third kappa shape index (κ3) is 4.97. The third-order valence-corrected chi connectivity index (χ3v) is 3.75. The van der Waals surface area contributed by atoms with Crippen molar-refractivity contribution in [2.24, 2.45) is 0 Å². The second-order valence-electron chi connectivity index (χ2n) is 5.05. The van der Waals surface area contributed by atoms with Gasteiger partial charge in [-0.1, -0.05) is 12.1 Å². The highest BCUT2D eigenvalue weighted by molar-refractivity contribution is 7.46. The molecular weight excluding hydrogens is 323 g/mol. The number of phenols is 2. The largest absolute Gasteiger partial charge is 0.524 e. The third-order valence-electron chi connectivity index (χ3n) is 3.31. The first-order valence-electron chi connectivity index (χ1n) is 6.75. The van der Waals surface area contributed by atoms with Gasteiger partial charge in [0.05, 0.1) is 6.61 Å². The van der Waals surface area contributed by atoms with Crippen LogP contribution in [0.25, 0.3) is 0 Å². The van der Waals surface area contributed by atoms with E-state index < -0.39 is 13.7 Å². The number of benzene rings is 2. The van der Waals surface area contributed by atoms with E-state index in [9.17, 15) is 19.9 Å². The van der Waals surface area contributed by atoms with Crippen LogP contribution in [0.3, 0.4) is 0 Å². The molecular formula is C15H17O7P. The summed E-state index contributed by atoms with van der Waals surface area (Å²) in [6.45, 7) is -0.226. The molecule has 0 fully saturated rings. The van der Waals surface area contributed by atoms with E-state index in [1.165, 1.54) is 30.3 Å². The first-order valence-corrected chi connectivity index (χ1v) is 8.28. The van der Waals surface area contributed by atoms with Crippen molar-refractivity contribution in [2.75, 3.05) is 6.61 Å². The summed E-state index contributed by atoms with van der Waals surface area (Å²) in [6.07, 6.45) is 0.186. The number of aliphatic hydroxyl groups excluding tert-OH is 1. The summed E-state index contributed by atoms with van der Waals surface area (Å²) in [6, 6.07) is 10.1. The van der Waals surface area contributed by atoms with Gasteiger partial charge >= 0.3 is 7.82 Å². The molecule has 2 aromatic rings. The highest BCUT2D eigenvalue weighted by Crippen LogP contribution is 2.41. The highest BCUT2D eigenvalue weighted by Gasteiger charge is 2.21. The Balaban J connectivity index is 2.31. The fourth-order valence-electron chi connectivity index (χ4n) is 2.24. The number of phosphoric ester groups is 1. The Morgan fingerprint density at radius 2 is 1.61 bits per heavy atom. The number of rotatable bonds is 6. The van der Waals surface area contributed by atoms with E-state index in [4.69, 9.17) is 9.79 Å². The number of hydrogen-bond donors (Lipinski definition) is 5. The SMILES string of the molecule is O=P(O)(O)Oc1ccc(O)cc1CC(CO)c1ccc(O)cc1. The van der Waals surface area contributed by atoms with Crippen LogP contribution in [0.5, 0.6) is 17.2 Å². The normalized spacial score (nSPS) is 12.8. The summed E-state index contributed by atoms with van der Waals surface area (Å²) in [5.41, 5.74) is 1.08. The van der Waals surface area contributed by atoms with Crippen LogP contribution in [0.15, 0.2) is 42.5 Å². The molecule has 0 aliphatic carbocycles. The summed E-state index contributed by atoms with van der Waals surface area (Å²) >= 11 is 0. The van der Waals surface area contributed by atoms with Crippen molar-refractivity contribution in [3.8, 4) is 17.2 Å². The van der Waals surface area contributed by atoms with Gasteiger partial charge in [0.15, 0.2) is 0 Å². The zero-order valence-electron chi connectivity index (χ0n) is 12.0. The number of phenolic OH excluding ortho intramolecular Hbond substituents is 2. The number of phosphoric acid groups is 1. The van der Waals surface area contributed by atoms with Crippen LogP contribution in [0.2, 0.25) is 0 Å². The van der Waals surface area contributed by atoms with Crippen molar-refractivity contribution >= 4 is 7.82 Å². The molecule has 124 valence electrons. The Morgan fingerprint density at radius 3 is 2.17 bits per heavy atom. The zero-order valence-corrected chi connectivity index (χ0v) is 12.9. The molecule has 23 heavy (non-hydrogen) atoms. The smallest absolute Gasteiger partial charge is 0.508 e. The van der Waals surface area contributed by atoms with E-state index in [0.717, 1.165) is 5.56 Å². The van der Waals surface area contributed by atoms with Gasteiger partial charge in [-0.15, -0.1) is 0 Å². The van der Waals surface area contributed by atoms with Crippen molar-refractivity contribution in [2.45, 2.75) is 12.3 Å². The van der Waals surface area contributed by atoms with Gasteiger partial charge in [0, 0.05) is 5.92 Å². The van der Waals surface area contributed by atoms with E-state index in [0.29, 0.717) is 5.56 Å². The van der Waals surface area contributed by atoms with Crippen molar-refractivity contribution in [1.29, 1.82) is 0 Å². The highest BCUT2D eigenvalue weighted by atomic mass is 31.2. The fourth-order valence-corrected chi connectivity index (χ4v) is 2.68. The zero-order chi connectivity index (χ0) is 17.0. The lowest BCUT2D eigenvalue weighted by Gasteiger charge is -2.18. The van der Waals surface area contributed by atoms with Crippen LogP contribution >= 0.6 is 7.82 Å². The molecule has 0 heterocycles. The molecule has 1 unspecified atom stereocenters. The number of aliphatic hydroxyl groups is 1. The quantitative estimate of drug-likeness (QED) is 0.508. The van der Waals surface area contributed by atoms with E-state index in [2.05, 4.69) is 4.52 Å². The summed E-state index contributed by atoms with van der Waals surface area (Å²) in [5.74, 6) is -0.446. The van der Waals surface area contributed by atoms with Crippen LogP contribution in [0.4, 0.5) is 0 Å². The maximum absolute atomic E-state index is 11.0. The molecule has 0 aliphatic heterocycles. The molecule has 0 amide bonds. The average Bonchev–Trinajstić information content (AvgIpc) is 2.47. The Kier molecular flexibility index (Phi) is 5.28. The number of aromatic hydroxyl groups is 2. The Hall–Kier alpha value is -2.05. The van der Waals surface area contributed by atoms with E-state index in [-0.39, 0.29) is 30.3 Å². The van der Waals surface area contributed by atoms with Gasteiger partial charge in [0.1, 0.15) is 17.2 Å². The van der Waals surface area contributed by atoms with Crippen LogP contribution < -0.4 is 4.52 Å². The van der Waals surface area contributed by atoms with Gasteiger partial charge in [-0.3, -0.25) is 9.79 Å². The van der Waals surface area contributed by atoms with Crippen LogP contribution in [0, 0.1) is 0 Å². The second-order valence-corrected chi connectivity index (χ2v) is 6.21. The maximum atomic E-state index is 11.0. The minimum atomic E-state index is -4.74. The van der Waals surface area contributed by atoms with Crippen LogP contribution in [-0.4, -0.2) is 31.7 Å². The van der Waals surface area contributed by atoms with Crippen molar-refractivity contribution < 1.29 is 34.2 Å². The molecule has 2 aromatic carbocycles. The molecule has 2 rings (SSSR count). The van der Waals surface area contributed by atoms with Crippen molar-refractivity contribution in [3.05, 3.63) is 53.6 Å². The molecule has 0 aromatic heterocycles. The van der Waals surface area contributed by atoms with Gasteiger partial charge in [-0.25, -0.2) is 4.57 Å². The van der Waals surface area contributed by atoms with Crippen molar-refractivity contribution in [1.82, 2.24) is 0 Å². The lowest BCUT2D eigenvalue weighted by atomic mass is 9.92. The Bertz CT molecular complexity index is 708. The topological polar surface area (TPSA) is 127 Å². The fraction of sp³-hybridized carbons (Fsp3) is 0.200. The Morgan fingerprint density at radius 1 is 1.00 bits per heavy atom. The van der Waals surface area contributed by atoms with E-state index in [1.54, 1.807) is 12.1 Å². The lowest BCUT2D eigenvalue weighted by Crippen LogP contribution is -2.09. The van der Waals surface area contributed by atoms with E-state index >= 15 is 0 Å². The molecule has 0 spiro atoms. The van der Waals surface area contributed by atoms with Gasteiger partial charge in [-0.2, -0.15) is 0 Å². The average molecular weight is 340 g/mol. The van der Waals surface area contributed by atoms with Crippen molar-refractivity contribution in [3.63, 3.8) is 0 Å². The van der Waals surface area contributed by atoms with E-state index in [1.807, 2.05) is 0 Å². The molecule has 0 radical (unpaired) electrons. The first kappa shape index (κ1) is 17.3.